The molecule has 4 nitrogen and oxygen atoms in total. The van der Waals surface area contributed by atoms with E-state index in [-0.39, 0.29) is 5.54 Å². The van der Waals surface area contributed by atoms with Gasteiger partial charge in [-0.2, -0.15) is 0 Å². The van der Waals surface area contributed by atoms with Crippen LogP contribution in [0, 0.1) is 0 Å². The van der Waals surface area contributed by atoms with E-state index in [1.807, 2.05) is 12.1 Å². The van der Waals surface area contributed by atoms with Crippen molar-refractivity contribution in [2.45, 2.75) is 25.8 Å². The first kappa shape index (κ1) is 13.2. The first-order valence-corrected chi connectivity index (χ1v) is 6.76. The molecular weight excluding hydrogens is 292 g/mol. The summed E-state index contributed by atoms with van der Waals surface area (Å²) >= 11 is 3.40. The lowest BCUT2D eigenvalue weighted by molar-refractivity contribution is 0.507. The molecular formula is C13H17BrN4. The second kappa shape index (κ2) is 5.20. The number of halogens is 1. The van der Waals surface area contributed by atoms with Crippen LogP contribution >= 0.6 is 15.9 Å². The van der Waals surface area contributed by atoms with Crippen molar-refractivity contribution in [1.29, 1.82) is 0 Å². The molecule has 3 N–H and O–H groups in total. The molecule has 0 radical (unpaired) electrons. The van der Waals surface area contributed by atoms with Crippen molar-refractivity contribution in [3.8, 4) is 0 Å². The van der Waals surface area contributed by atoms with Crippen molar-refractivity contribution in [2.75, 3.05) is 11.9 Å². The second-order valence-electron chi connectivity index (χ2n) is 4.62. The summed E-state index contributed by atoms with van der Waals surface area (Å²) in [6.07, 6.45) is 4.51. The number of pyridine rings is 2. The third-order valence-corrected chi connectivity index (χ3v) is 3.65. The summed E-state index contributed by atoms with van der Waals surface area (Å²) in [5.74, 6) is 0. The Morgan fingerprint density at radius 3 is 2.89 bits per heavy atom. The molecule has 5 heteroatoms. The average molecular weight is 309 g/mol. The van der Waals surface area contributed by atoms with Crippen LogP contribution in [0.3, 0.4) is 0 Å². The monoisotopic (exact) mass is 308 g/mol. The Balaban J connectivity index is 2.45. The minimum atomic E-state index is -0.122. The number of rotatable bonds is 4. The number of nitrogens with zero attached hydrogens (tertiary/aromatic N) is 2. The lowest BCUT2D eigenvalue weighted by Gasteiger charge is -2.29. The van der Waals surface area contributed by atoms with E-state index in [0.29, 0.717) is 6.54 Å². The van der Waals surface area contributed by atoms with Crippen molar-refractivity contribution >= 4 is 32.7 Å². The van der Waals surface area contributed by atoms with Crippen LogP contribution < -0.4 is 11.1 Å². The van der Waals surface area contributed by atoms with E-state index in [1.54, 1.807) is 12.4 Å². The maximum atomic E-state index is 5.83. The molecule has 0 aliphatic carbocycles. The van der Waals surface area contributed by atoms with Gasteiger partial charge in [-0.1, -0.05) is 6.92 Å². The predicted molar refractivity (Wildman–Crippen MR) is 78.6 cm³/mol. The molecule has 0 saturated carbocycles. The predicted octanol–water partition coefficient (Wildman–Crippen LogP) is 2.93. The summed E-state index contributed by atoms with van der Waals surface area (Å²) in [5.41, 5.74) is 8.41. The van der Waals surface area contributed by atoms with E-state index in [2.05, 4.69) is 45.1 Å². The van der Waals surface area contributed by atoms with Gasteiger partial charge < -0.3 is 11.1 Å². The van der Waals surface area contributed by atoms with Crippen LogP contribution in [0.1, 0.15) is 20.3 Å². The van der Waals surface area contributed by atoms with Gasteiger partial charge >= 0.3 is 0 Å². The molecule has 0 aliphatic rings. The Morgan fingerprint density at radius 1 is 1.44 bits per heavy atom. The second-order valence-corrected chi connectivity index (χ2v) is 5.54. The lowest BCUT2D eigenvalue weighted by Crippen LogP contribution is -2.41. The van der Waals surface area contributed by atoms with Crippen LogP contribution in [-0.2, 0) is 0 Å². The van der Waals surface area contributed by atoms with Crippen LogP contribution in [-0.4, -0.2) is 22.1 Å². The lowest BCUT2D eigenvalue weighted by atomic mass is 9.98. The molecule has 0 fully saturated rings. The number of hydrogen-bond donors (Lipinski definition) is 2. The normalized spacial score (nSPS) is 14.4. The fourth-order valence-electron chi connectivity index (χ4n) is 1.72. The van der Waals surface area contributed by atoms with Gasteiger partial charge in [0.2, 0.25) is 0 Å². The largest absolute Gasteiger partial charge is 0.377 e. The third kappa shape index (κ3) is 2.62. The minimum Gasteiger partial charge on any atom is -0.377 e. The van der Waals surface area contributed by atoms with Gasteiger partial charge in [-0.15, -0.1) is 0 Å². The van der Waals surface area contributed by atoms with Gasteiger partial charge in [0.1, 0.15) is 5.52 Å². The van der Waals surface area contributed by atoms with E-state index in [0.717, 1.165) is 27.6 Å². The number of anilines is 1. The van der Waals surface area contributed by atoms with Gasteiger partial charge in [-0.3, -0.25) is 9.97 Å². The summed E-state index contributed by atoms with van der Waals surface area (Å²) < 4.78 is 0.928. The maximum Gasteiger partial charge on any atom is 0.112 e. The minimum absolute atomic E-state index is 0.122. The van der Waals surface area contributed by atoms with E-state index >= 15 is 0 Å². The highest BCUT2D eigenvalue weighted by Crippen LogP contribution is 2.25. The standard InChI is InChI=1S/C13H17BrN4/c1-3-13(2,8-15)18-10-4-5-16-11-6-9(14)7-17-12(10)11/h4-7H,3,8,15H2,1-2H3,(H,16,18). The Kier molecular flexibility index (Phi) is 3.82. The zero-order valence-corrected chi connectivity index (χ0v) is 12.2. The smallest absolute Gasteiger partial charge is 0.112 e. The van der Waals surface area contributed by atoms with Crippen molar-refractivity contribution in [2.24, 2.45) is 5.73 Å². The van der Waals surface area contributed by atoms with Crippen molar-refractivity contribution in [3.63, 3.8) is 0 Å². The van der Waals surface area contributed by atoms with E-state index < -0.39 is 0 Å². The number of nitrogens with one attached hydrogen (secondary N) is 1. The summed E-state index contributed by atoms with van der Waals surface area (Å²) in [7, 11) is 0. The average Bonchev–Trinajstić information content (AvgIpc) is 2.38. The number of hydrogen-bond acceptors (Lipinski definition) is 4. The maximum absolute atomic E-state index is 5.83. The highest BCUT2D eigenvalue weighted by molar-refractivity contribution is 9.10. The van der Waals surface area contributed by atoms with Gasteiger partial charge in [0.15, 0.2) is 0 Å². The SMILES string of the molecule is CCC(C)(CN)Nc1ccnc2cc(Br)cnc12. The van der Waals surface area contributed by atoms with Crippen molar-refractivity contribution < 1.29 is 0 Å². The molecule has 1 unspecified atom stereocenters. The molecule has 2 aromatic rings. The zero-order chi connectivity index (χ0) is 13.2. The molecule has 0 aliphatic heterocycles. The van der Waals surface area contributed by atoms with Crippen LogP contribution in [0.4, 0.5) is 5.69 Å². The molecule has 0 aromatic carbocycles. The first-order valence-electron chi connectivity index (χ1n) is 5.96. The Bertz CT molecular complexity index is 552. The van der Waals surface area contributed by atoms with Crippen LogP contribution in [0.2, 0.25) is 0 Å². The number of aromatic nitrogens is 2. The molecule has 96 valence electrons. The molecule has 18 heavy (non-hydrogen) atoms. The Hall–Kier alpha value is -1.20. The van der Waals surface area contributed by atoms with E-state index in [4.69, 9.17) is 5.73 Å². The van der Waals surface area contributed by atoms with Crippen LogP contribution in [0.5, 0.6) is 0 Å². The molecule has 0 bridgehead atoms. The van der Waals surface area contributed by atoms with E-state index in [1.165, 1.54) is 0 Å². The molecule has 0 amide bonds. The topological polar surface area (TPSA) is 63.8 Å². The van der Waals surface area contributed by atoms with Crippen LogP contribution in [0.25, 0.3) is 11.0 Å². The first-order chi connectivity index (χ1) is 8.58. The summed E-state index contributed by atoms with van der Waals surface area (Å²) in [6, 6.07) is 3.89. The quantitative estimate of drug-likeness (QED) is 0.911. The molecule has 2 aromatic heterocycles. The summed E-state index contributed by atoms with van der Waals surface area (Å²) in [4.78, 5) is 8.74. The summed E-state index contributed by atoms with van der Waals surface area (Å²) in [5, 5.41) is 3.47. The van der Waals surface area contributed by atoms with Gasteiger partial charge in [-0.25, -0.2) is 0 Å². The fraction of sp³-hybridized carbons (Fsp3) is 0.385. The van der Waals surface area contributed by atoms with Crippen LogP contribution in [0.15, 0.2) is 29.0 Å². The van der Waals surface area contributed by atoms with Gasteiger partial charge in [0.05, 0.1) is 11.2 Å². The zero-order valence-electron chi connectivity index (χ0n) is 10.6. The molecule has 2 rings (SSSR count). The molecule has 0 saturated heterocycles. The van der Waals surface area contributed by atoms with E-state index in [9.17, 15) is 0 Å². The third-order valence-electron chi connectivity index (χ3n) is 3.21. The molecule has 1 atom stereocenters. The van der Waals surface area contributed by atoms with Crippen molar-refractivity contribution in [3.05, 3.63) is 29.0 Å². The highest BCUT2D eigenvalue weighted by atomic mass is 79.9. The highest BCUT2D eigenvalue weighted by Gasteiger charge is 2.20. The van der Waals surface area contributed by atoms with Gasteiger partial charge in [-0.05, 0) is 41.4 Å². The Labute approximate surface area is 115 Å². The number of fused-ring (bicyclic) bond motifs is 1. The van der Waals surface area contributed by atoms with Gasteiger partial charge in [0.25, 0.3) is 0 Å². The van der Waals surface area contributed by atoms with Gasteiger partial charge in [0, 0.05) is 29.0 Å². The Morgan fingerprint density at radius 2 is 2.22 bits per heavy atom. The van der Waals surface area contributed by atoms with Crippen molar-refractivity contribution in [1.82, 2.24) is 9.97 Å². The molecule has 2 heterocycles. The summed E-state index contributed by atoms with van der Waals surface area (Å²) in [6.45, 7) is 4.80. The fourth-order valence-corrected chi connectivity index (χ4v) is 2.03. The number of nitrogens with two attached hydrogens (primary N) is 1. The molecule has 0 spiro atoms.